The van der Waals surface area contributed by atoms with E-state index in [1.807, 2.05) is 62.4 Å². The second-order valence-corrected chi connectivity index (χ2v) is 7.65. The van der Waals surface area contributed by atoms with E-state index in [0.29, 0.717) is 35.3 Å². The number of carbonyl (C=O) groups excluding carboxylic acids is 1. The van der Waals surface area contributed by atoms with Crippen molar-refractivity contribution in [2.75, 3.05) is 12.4 Å². The van der Waals surface area contributed by atoms with Crippen LogP contribution in [0.3, 0.4) is 0 Å². The smallest absolute Gasteiger partial charge is 0.338 e. The summed E-state index contributed by atoms with van der Waals surface area (Å²) in [5, 5.41) is 14.9. The molecule has 9 nitrogen and oxygen atoms in total. The van der Waals surface area contributed by atoms with Crippen LogP contribution in [0.15, 0.2) is 59.8 Å². The summed E-state index contributed by atoms with van der Waals surface area (Å²) in [5.41, 5.74) is 2.87. The molecule has 1 atom stereocenters. The predicted molar refractivity (Wildman–Crippen MR) is 117 cm³/mol. The Morgan fingerprint density at radius 3 is 2.66 bits per heavy atom. The van der Waals surface area contributed by atoms with Gasteiger partial charge >= 0.3 is 5.97 Å². The van der Waals surface area contributed by atoms with Crippen LogP contribution in [0.5, 0.6) is 11.5 Å². The van der Waals surface area contributed by atoms with Gasteiger partial charge in [0.05, 0.1) is 18.8 Å². The van der Waals surface area contributed by atoms with Crippen molar-refractivity contribution >= 4 is 11.9 Å². The lowest BCUT2D eigenvalue weighted by molar-refractivity contribution is -0.143. The molecular weight excluding hydrogens is 410 g/mol. The number of nitrogens with one attached hydrogen (secondary N) is 1. The SMILES string of the molecule is COc1cc(C2C(C(=O)OC(C)C)=C(C)Nc3nnnn32)ccc1OCc1ccccc1. The highest BCUT2D eigenvalue weighted by molar-refractivity contribution is 5.92. The number of benzene rings is 2. The third-order valence-corrected chi connectivity index (χ3v) is 5.02. The Labute approximate surface area is 186 Å². The molecule has 1 N–H and O–H groups in total. The van der Waals surface area contributed by atoms with Gasteiger partial charge in [0.25, 0.3) is 0 Å². The average molecular weight is 435 g/mol. The lowest BCUT2D eigenvalue weighted by atomic mass is 9.95. The minimum absolute atomic E-state index is 0.262. The van der Waals surface area contributed by atoms with E-state index in [0.717, 1.165) is 11.1 Å². The summed E-state index contributed by atoms with van der Waals surface area (Å²) in [4.78, 5) is 13.0. The van der Waals surface area contributed by atoms with Gasteiger partial charge in [-0.15, -0.1) is 0 Å². The Bertz CT molecular complexity index is 1140. The molecule has 4 rings (SSSR count). The number of hydrogen-bond donors (Lipinski definition) is 1. The van der Waals surface area contributed by atoms with E-state index in [4.69, 9.17) is 14.2 Å². The van der Waals surface area contributed by atoms with Crippen molar-refractivity contribution in [3.63, 3.8) is 0 Å². The number of esters is 1. The normalized spacial score (nSPS) is 15.2. The number of anilines is 1. The molecule has 0 saturated carbocycles. The summed E-state index contributed by atoms with van der Waals surface area (Å²) in [7, 11) is 1.58. The van der Waals surface area contributed by atoms with Gasteiger partial charge in [0.2, 0.25) is 5.95 Å². The van der Waals surface area contributed by atoms with Crippen LogP contribution in [-0.2, 0) is 16.1 Å². The number of rotatable bonds is 7. The summed E-state index contributed by atoms with van der Waals surface area (Å²) in [6, 6.07) is 14.8. The largest absolute Gasteiger partial charge is 0.493 e. The van der Waals surface area contributed by atoms with E-state index in [1.54, 1.807) is 18.7 Å². The Hall–Kier alpha value is -3.88. The molecule has 0 radical (unpaired) electrons. The summed E-state index contributed by atoms with van der Waals surface area (Å²) in [5.74, 6) is 1.15. The number of tetrazole rings is 1. The molecule has 1 aliphatic heterocycles. The first-order valence-corrected chi connectivity index (χ1v) is 10.3. The van der Waals surface area contributed by atoms with Crippen molar-refractivity contribution in [3.05, 3.63) is 70.9 Å². The van der Waals surface area contributed by atoms with Gasteiger partial charge < -0.3 is 19.5 Å². The molecular formula is C23H25N5O4. The molecule has 9 heteroatoms. The van der Waals surface area contributed by atoms with Crippen molar-refractivity contribution in [1.82, 2.24) is 20.2 Å². The zero-order valence-electron chi connectivity index (χ0n) is 18.4. The maximum absolute atomic E-state index is 13.0. The first-order valence-electron chi connectivity index (χ1n) is 10.3. The lowest BCUT2D eigenvalue weighted by Gasteiger charge is -2.28. The second-order valence-electron chi connectivity index (χ2n) is 7.65. The van der Waals surface area contributed by atoms with Crippen LogP contribution in [0.1, 0.15) is 37.9 Å². The highest BCUT2D eigenvalue weighted by atomic mass is 16.5. The van der Waals surface area contributed by atoms with Crippen LogP contribution in [0, 0.1) is 0 Å². The first-order chi connectivity index (χ1) is 15.5. The number of methoxy groups -OCH3 is 1. The van der Waals surface area contributed by atoms with Crippen LogP contribution >= 0.6 is 0 Å². The minimum Gasteiger partial charge on any atom is -0.493 e. The molecule has 2 aromatic carbocycles. The third kappa shape index (κ3) is 4.27. The van der Waals surface area contributed by atoms with Crippen LogP contribution in [-0.4, -0.2) is 39.4 Å². The highest BCUT2D eigenvalue weighted by Crippen LogP contribution is 2.38. The van der Waals surface area contributed by atoms with Gasteiger partial charge in [-0.3, -0.25) is 0 Å². The van der Waals surface area contributed by atoms with Crippen molar-refractivity contribution in [3.8, 4) is 11.5 Å². The maximum Gasteiger partial charge on any atom is 0.338 e. The molecule has 0 spiro atoms. The molecule has 0 fully saturated rings. The lowest BCUT2D eigenvalue weighted by Crippen LogP contribution is -2.30. The molecule has 3 aromatic rings. The third-order valence-electron chi connectivity index (χ3n) is 5.02. The molecule has 166 valence electrons. The van der Waals surface area contributed by atoms with Crippen molar-refractivity contribution < 1.29 is 19.0 Å². The number of nitrogens with zero attached hydrogens (tertiary/aromatic N) is 4. The van der Waals surface area contributed by atoms with Gasteiger partial charge in [-0.1, -0.05) is 41.5 Å². The number of aromatic nitrogens is 4. The van der Waals surface area contributed by atoms with Crippen molar-refractivity contribution in [2.24, 2.45) is 0 Å². The van der Waals surface area contributed by atoms with Crippen LogP contribution in [0.4, 0.5) is 5.95 Å². The number of allylic oxidation sites excluding steroid dienone is 1. The quantitative estimate of drug-likeness (QED) is 0.563. The monoisotopic (exact) mass is 435 g/mol. The van der Waals surface area contributed by atoms with E-state index in [9.17, 15) is 4.79 Å². The molecule has 1 aromatic heterocycles. The fraction of sp³-hybridized carbons (Fsp3) is 0.304. The highest BCUT2D eigenvalue weighted by Gasteiger charge is 2.35. The van der Waals surface area contributed by atoms with Crippen molar-refractivity contribution in [1.29, 1.82) is 0 Å². The molecule has 0 amide bonds. The Kier molecular flexibility index (Phi) is 6.07. The fourth-order valence-electron chi connectivity index (χ4n) is 3.57. The molecule has 1 aliphatic rings. The van der Waals surface area contributed by atoms with Crippen LogP contribution in [0.25, 0.3) is 0 Å². The van der Waals surface area contributed by atoms with E-state index in [2.05, 4.69) is 20.8 Å². The zero-order valence-corrected chi connectivity index (χ0v) is 18.4. The van der Waals surface area contributed by atoms with Crippen molar-refractivity contribution in [2.45, 2.75) is 39.5 Å². The van der Waals surface area contributed by atoms with Gasteiger partial charge in [-0.25, -0.2) is 4.79 Å². The Morgan fingerprint density at radius 1 is 1.16 bits per heavy atom. The standard InChI is InChI=1S/C23H25N5O4/c1-14(2)32-22(29)20-15(3)24-23-25-26-27-28(23)21(20)17-10-11-18(19(12-17)30-4)31-13-16-8-6-5-7-9-16/h5-12,14,21H,13H2,1-4H3,(H,24,25,27). The van der Waals surface area contributed by atoms with Crippen LogP contribution < -0.4 is 14.8 Å². The van der Waals surface area contributed by atoms with E-state index >= 15 is 0 Å². The number of hydrogen-bond acceptors (Lipinski definition) is 8. The molecule has 0 saturated heterocycles. The summed E-state index contributed by atoms with van der Waals surface area (Å²) in [6.45, 7) is 5.83. The second kappa shape index (κ2) is 9.09. The van der Waals surface area contributed by atoms with Gasteiger partial charge in [0.15, 0.2) is 11.5 Å². The number of ether oxygens (including phenoxy) is 3. The Morgan fingerprint density at radius 2 is 1.94 bits per heavy atom. The average Bonchev–Trinajstić information content (AvgIpc) is 3.24. The first kappa shape index (κ1) is 21.4. The predicted octanol–water partition coefficient (Wildman–Crippen LogP) is 3.50. The maximum atomic E-state index is 13.0. The number of carbonyl (C=O) groups is 1. The minimum atomic E-state index is -0.579. The van der Waals surface area contributed by atoms with Gasteiger partial charge in [-0.2, -0.15) is 4.68 Å². The van der Waals surface area contributed by atoms with E-state index in [1.165, 1.54) is 0 Å². The van der Waals surface area contributed by atoms with E-state index < -0.39 is 12.0 Å². The molecule has 2 heterocycles. The zero-order chi connectivity index (χ0) is 22.7. The Balaban J connectivity index is 1.69. The van der Waals surface area contributed by atoms with E-state index in [-0.39, 0.29) is 6.10 Å². The number of fused-ring (bicyclic) bond motifs is 1. The molecule has 0 bridgehead atoms. The molecule has 1 unspecified atom stereocenters. The summed E-state index contributed by atoms with van der Waals surface area (Å²) >= 11 is 0. The summed E-state index contributed by atoms with van der Waals surface area (Å²) in [6.07, 6.45) is -0.262. The summed E-state index contributed by atoms with van der Waals surface area (Å²) < 4.78 is 18.6. The fourth-order valence-corrected chi connectivity index (χ4v) is 3.57. The van der Waals surface area contributed by atoms with Gasteiger partial charge in [-0.05, 0) is 54.5 Å². The molecule has 32 heavy (non-hydrogen) atoms. The topological polar surface area (TPSA) is 100 Å². The van der Waals surface area contributed by atoms with Gasteiger partial charge in [0.1, 0.15) is 12.6 Å². The molecule has 0 aliphatic carbocycles. The van der Waals surface area contributed by atoms with Crippen LogP contribution in [0.2, 0.25) is 0 Å². The van der Waals surface area contributed by atoms with Gasteiger partial charge in [0, 0.05) is 5.70 Å².